The van der Waals surface area contributed by atoms with Crippen molar-refractivity contribution in [2.45, 2.75) is 56.6 Å². The van der Waals surface area contributed by atoms with Crippen molar-refractivity contribution in [2.75, 3.05) is 27.2 Å². The lowest BCUT2D eigenvalue weighted by atomic mass is 9.73. The highest BCUT2D eigenvalue weighted by Crippen LogP contribution is 2.40. The van der Waals surface area contributed by atoms with Gasteiger partial charge in [-0.3, -0.25) is 0 Å². The maximum Gasteiger partial charge on any atom is 0.343 e. The van der Waals surface area contributed by atoms with Crippen molar-refractivity contribution in [3.63, 3.8) is 0 Å². The van der Waals surface area contributed by atoms with Gasteiger partial charge in [0.2, 0.25) is 0 Å². The summed E-state index contributed by atoms with van der Waals surface area (Å²) in [7, 11) is 4.38. The van der Waals surface area contributed by atoms with Crippen molar-refractivity contribution in [3.8, 4) is 0 Å². The second kappa shape index (κ2) is 7.46. The average molecular weight is 346 g/mol. The predicted molar refractivity (Wildman–Crippen MR) is 97.9 cm³/mol. The summed E-state index contributed by atoms with van der Waals surface area (Å²) in [4.78, 5) is 13.1. The summed E-state index contributed by atoms with van der Waals surface area (Å²) in [5.74, 6) is -0.514. The first-order valence-corrected chi connectivity index (χ1v) is 9.72. The van der Waals surface area contributed by atoms with E-state index in [1.54, 1.807) is 0 Å². The van der Waals surface area contributed by atoms with Crippen LogP contribution in [0.5, 0.6) is 0 Å². The molecule has 0 radical (unpaired) electrons. The minimum Gasteiger partial charge on any atom is -0.457 e. The Kier molecular flexibility index (Phi) is 5.49. The van der Waals surface area contributed by atoms with Gasteiger partial charge >= 0.3 is 5.97 Å². The van der Waals surface area contributed by atoms with E-state index in [1.807, 2.05) is 30.3 Å². The van der Waals surface area contributed by atoms with E-state index in [1.165, 1.54) is 12.8 Å². The van der Waals surface area contributed by atoms with Gasteiger partial charge in [-0.1, -0.05) is 49.6 Å². The van der Waals surface area contributed by atoms with Gasteiger partial charge in [-0.2, -0.15) is 0 Å². The van der Waals surface area contributed by atoms with Crippen LogP contribution in [0.3, 0.4) is 0 Å². The molecule has 1 saturated heterocycles. The van der Waals surface area contributed by atoms with Crippen molar-refractivity contribution in [1.29, 1.82) is 0 Å². The van der Waals surface area contributed by atoms with Crippen LogP contribution in [0.25, 0.3) is 0 Å². The molecular formula is C21H32NO3+. The van der Waals surface area contributed by atoms with E-state index in [0.29, 0.717) is 18.2 Å². The van der Waals surface area contributed by atoms with Crippen LogP contribution in [-0.4, -0.2) is 48.8 Å². The van der Waals surface area contributed by atoms with Gasteiger partial charge in [-0.25, -0.2) is 4.79 Å². The number of benzene rings is 1. The molecular weight excluding hydrogens is 314 g/mol. The third kappa shape index (κ3) is 3.75. The first-order chi connectivity index (χ1) is 11.9. The normalized spacial score (nSPS) is 26.1. The van der Waals surface area contributed by atoms with E-state index in [9.17, 15) is 9.90 Å². The fourth-order valence-corrected chi connectivity index (χ4v) is 4.57. The Morgan fingerprint density at radius 1 is 1.12 bits per heavy atom. The van der Waals surface area contributed by atoms with Crippen LogP contribution in [0.4, 0.5) is 0 Å². The smallest absolute Gasteiger partial charge is 0.343 e. The van der Waals surface area contributed by atoms with E-state index < -0.39 is 11.6 Å². The summed E-state index contributed by atoms with van der Waals surface area (Å²) in [6.07, 6.45) is 7.33. The zero-order valence-electron chi connectivity index (χ0n) is 15.6. The molecule has 0 amide bonds. The van der Waals surface area contributed by atoms with Gasteiger partial charge in [0.1, 0.15) is 12.6 Å². The van der Waals surface area contributed by atoms with Crippen LogP contribution in [0.15, 0.2) is 30.3 Å². The molecule has 4 nitrogen and oxygen atoms in total. The number of quaternary nitrogens is 1. The lowest BCUT2D eigenvalue weighted by Crippen LogP contribution is -2.49. The Morgan fingerprint density at radius 2 is 1.80 bits per heavy atom. The number of likely N-dealkylation sites (N-methyl/N-ethyl adjacent to an activating group) is 1. The van der Waals surface area contributed by atoms with Gasteiger partial charge in [0, 0.05) is 18.8 Å². The van der Waals surface area contributed by atoms with E-state index in [-0.39, 0.29) is 5.92 Å². The Morgan fingerprint density at radius 3 is 2.40 bits per heavy atom. The summed E-state index contributed by atoms with van der Waals surface area (Å²) in [6.45, 7) is 1.52. The molecule has 1 aliphatic carbocycles. The predicted octanol–water partition coefficient (Wildman–Crippen LogP) is 3.24. The summed E-state index contributed by atoms with van der Waals surface area (Å²) in [5, 5.41) is 11.5. The van der Waals surface area contributed by atoms with E-state index >= 15 is 0 Å². The molecule has 1 aliphatic heterocycles. The van der Waals surface area contributed by atoms with Crippen LogP contribution in [0, 0.1) is 5.92 Å². The molecule has 25 heavy (non-hydrogen) atoms. The highest BCUT2D eigenvalue weighted by Gasteiger charge is 2.48. The van der Waals surface area contributed by atoms with Crippen LogP contribution in [0.2, 0.25) is 0 Å². The standard InChI is InChI=1S/C21H32NO3/c1-22(2)15-9-14-19(22)16-25-20(23)21(24,17-10-5-3-6-11-17)18-12-7-4-8-13-18/h3,5-6,10-11,18-19,24H,4,7-9,12-16H2,1-2H3/q+1. The molecule has 1 aromatic carbocycles. The molecule has 0 bridgehead atoms. The number of aliphatic hydroxyl groups is 1. The molecule has 1 aromatic rings. The van der Waals surface area contributed by atoms with Crippen LogP contribution in [-0.2, 0) is 15.1 Å². The monoisotopic (exact) mass is 346 g/mol. The van der Waals surface area contributed by atoms with Crippen molar-refractivity contribution in [2.24, 2.45) is 5.92 Å². The number of ether oxygens (including phenoxy) is 1. The van der Waals surface area contributed by atoms with E-state index in [4.69, 9.17) is 4.74 Å². The number of carbonyl (C=O) groups is 1. The summed E-state index contributed by atoms with van der Waals surface area (Å²) >= 11 is 0. The Hall–Kier alpha value is -1.39. The van der Waals surface area contributed by atoms with Gasteiger partial charge in [0.15, 0.2) is 5.60 Å². The van der Waals surface area contributed by atoms with Crippen molar-refractivity contribution < 1.29 is 19.1 Å². The number of likely N-dealkylation sites (tertiary alicyclic amines) is 1. The zero-order chi connectivity index (χ0) is 17.9. The fourth-order valence-electron chi connectivity index (χ4n) is 4.57. The molecule has 4 heteroatoms. The first-order valence-electron chi connectivity index (χ1n) is 9.72. The average Bonchev–Trinajstić information content (AvgIpc) is 2.98. The SMILES string of the molecule is C[N+]1(C)CCCC1COC(=O)C(O)(c1ccccc1)C1CCCCC1. The van der Waals surface area contributed by atoms with Crippen LogP contribution < -0.4 is 0 Å². The summed E-state index contributed by atoms with van der Waals surface area (Å²) < 4.78 is 6.62. The number of rotatable bonds is 5. The molecule has 3 rings (SSSR count). The highest BCUT2D eigenvalue weighted by atomic mass is 16.6. The van der Waals surface area contributed by atoms with Crippen molar-refractivity contribution >= 4 is 5.97 Å². The Labute approximate surface area is 151 Å². The number of hydrogen-bond donors (Lipinski definition) is 1. The van der Waals surface area contributed by atoms with Gasteiger partial charge in [0.05, 0.1) is 20.6 Å². The molecule has 0 aromatic heterocycles. The molecule has 2 aliphatic rings. The zero-order valence-corrected chi connectivity index (χ0v) is 15.6. The third-order valence-corrected chi connectivity index (χ3v) is 6.39. The third-order valence-electron chi connectivity index (χ3n) is 6.39. The van der Waals surface area contributed by atoms with Gasteiger partial charge in [0.25, 0.3) is 0 Å². The summed E-state index contributed by atoms with van der Waals surface area (Å²) in [6, 6.07) is 9.71. The topological polar surface area (TPSA) is 46.5 Å². The molecule has 138 valence electrons. The lowest BCUT2D eigenvalue weighted by molar-refractivity contribution is -0.902. The maximum atomic E-state index is 13.1. The fraction of sp³-hybridized carbons (Fsp3) is 0.667. The number of hydrogen-bond acceptors (Lipinski definition) is 3. The lowest BCUT2D eigenvalue weighted by Gasteiger charge is -2.37. The quantitative estimate of drug-likeness (QED) is 0.658. The second-order valence-corrected chi connectivity index (χ2v) is 8.36. The summed E-state index contributed by atoms with van der Waals surface area (Å²) in [5.41, 5.74) is -0.843. The van der Waals surface area contributed by atoms with Crippen LogP contribution in [0.1, 0.15) is 50.5 Å². The Bertz CT molecular complexity index is 580. The first kappa shape index (κ1) is 18.4. The molecule has 1 heterocycles. The molecule has 1 N–H and O–H groups in total. The number of nitrogens with zero attached hydrogens (tertiary/aromatic N) is 1. The number of esters is 1. The van der Waals surface area contributed by atoms with E-state index in [0.717, 1.165) is 43.1 Å². The molecule has 1 saturated carbocycles. The van der Waals surface area contributed by atoms with E-state index in [2.05, 4.69) is 14.1 Å². The second-order valence-electron chi connectivity index (χ2n) is 8.36. The minimum absolute atomic E-state index is 0.0535. The van der Waals surface area contributed by atoms with Gasteiger partial charge < -0.3 is 14.3 Å². The maximum absolute atomic E-state index is 13.1. The van der Waals surface area contributed by atoms with Gasteiger partial charge in [-0.05, 0) is 18.4 Å². The molecule has 2 atom stereocenters. The molecule has 2 unspecified atom stereocenters. The molecule has 2 fully saturated rings. The Balaban J connectivity index is 1.78. The van der Waals surface area contributed by atoms with Crippen LogP contribution >= 0.6 is 0 Å². The molecule has 0 spiro atoms. The van der Waals surface area contributed by atoms with Crippen molar-refractivity contribution in [3.05, 3.63) is 35.9 Å². The number of carbonyl (C=O) groups excluding carboxylic acids is 1. The van der Waals surface area contributed by atoms with Gasteiger partial charge in [-0.15, -0.1) is 0 Å². The minimum atomic E-state index is -1.52. The highest BCUT2D eigenvalue weighted by molar-refractivity contribution is 5.81. The van der Waals surface area contributed by atoms with Crippen molar-refractivity contribution in [1.82, 2.24) is 0 Å². The largest absolute Gasteiger partial charge is 0.457 e.